The fourth-order valence-corrected chi connectivity index (χ4v) is 9.31. The van der Waals surface area contributed by atoms with Gasteiger partial charge in [0.15, 0.2) is 5.78 Å². The van der Waals surface area contributed by atoms with E-state index in [9.17, 15) is 18.7 Å². The van der Waals surface area contributed by atoms with Crippen molar-refractivity contribution in [2.75, 3.05) is 13.7 Å². The van der Waals surface area contributed by atoms with Crippen LogP contribution in [0.5, 0.6) is 5.75 Å². The Labute approximate surface area is 214 Å². The number of carbonyl (C=O) groups excluding carboxylic acids is 1. The molecule has 4 saturated carbocycles. The second-order valence-electron chi connectivity index (χ2n) is 13.0. The molecule has 200 valence electrons. The maximum Gasteiger partial charge on any atom is 0.394 e. The van der Waals surface area contributed by atoms with Crippen molar-refractivity contribution in [3.05, 3.63) is 29.8 Å². The topological polar surface area (TPSA) is 55.8 Å². The number of fused-ring (bicyclic) bond motifs is 5. The Morgan fingerprint density at radius 1 is 1.03 bits per heavy atom. The van der Waals surface area contributed by atoms with E-state index in [1.54, 1.807) is 12.1 Å². The third-order valence-corrected chi connectivity index (χ3v) is 10.8. The molecule has 4 aliphatic carbocycles. The van der Waals surface area contributed by atoms with Gasteiger partial charge in [0.1, 0.15) is 5.75 Å². The predicted molar refractivity (Wildman–Crippen MR) is 134 cm³/mol. The van der Waals surface area contributed by atoms with Gasteiger partial charge in [-0.15, -0.1) is 0 Å². The van der Waals surface area contributed by atoms with Crippen LogP contribution in [-0.4, -0.2) is 36.3 Å². The summed E-state index contributed by atoms with van der Waals surface area (Å²) in [6, 6.07) is 6.23. The minimum Gasteiger partial charge on any atom is -0.433 e. The summed E-state index contributed by atoms with van der Waals surface area (Å²) in [5.74, 6) is 2.38. The molecule has 0 unspecified atom stereocenters. The van der Waals surface area contributed by atoms with Crippen molar-refractivity contribution in [2.24, 2.45) is 40.4 Å². The normalized spacial score (nSPS) is 42.2. The molecule has 0 bridgehead atoms. The first kappa shape index (κ1) is 26.1. The minimum absolute atomic E-state index is 0.0361. The highest BCUT2D eigenvalue weighted by Gasteiger charge is 2.63. The number of Topliss-reactive ketones (excluding diaryl/α,β-unsaturated/α-hetero) is 1. The van der Waals surface area contributed by atoms with E-state index in [0.29, 0.717) is 36.2 Å². The van der Waals surface area contributed by atoms with Gasteiger partial charge >= 0.3 is 6.11 Å². The number of ketones is 1. The van der Waals surface area contributed by atoms with E-state index in [2.05, 4.69) is 11.7 Å². The highest BCUT2D eigenvalue weighted by molar-refractivity contribution is 5.98. The number of aliphatic hydroxyl groups is 1. The monoisotopic (exact) mass is 504 g/mol. The second kappa shape index (κ2) is 9.04. The maximum absolute atomic E-state index is 13.7. The molecule has 1 aromatic rings. The second-order valence-corrected chi connectivity index (χ2v) is 13.0. The van der Waals surface area contributed by atoms with Crippen molar-refractivity contribution in [1.82, 2.24) is 0 Å². The molecule has 0 aromatic heterocycles. The van der Waals surface area contributed by atoms with Gasteiger partial charge in [-0.05, 0) is 123 Å². The Bertz CT molecular complexity index is 970. The van der Waals surface area contributed by atoms with E-state index in [1.165, 1.54) is 18.6 Å². The Kier molecular flexibility index (Phi) is 6.55. The first-order valence-corrected chi connectivity index (χ1v) is 13.8. The number of halogens is 2. The van der Waals surface area contributed by atoms with Gasteiger partial charge in [0.2, 0.25) is 0 Å². The number of hydrogen-bond donors (Lipinski definition) is 1. The number of hydrogen-bond acceptors (Lipinski definition) is 4. The van der Waals surface area contributed by atoms with E-state index < -0.39 is 11.7 Å². The number of rotatable bonds is 6. The van der Waals surface area contributed by atoms with Crippen molar-refractivity contribution in [3.63, 3.8) is 0 Å². The molecule has 0 heterocycles. The zero-order valence-corrected chi connectivity index (χ0v) is 22.2. The van der Waals surface area contributed by atoms with Crippen molar-refractivity contribution in [1.29, 1.82) is 0 Å². The first-order valence-electron chi connectivity index (χ1n) is 13.8. The van der Waals surface area contributed by atoms with Crippen LogP contribution in [-0.2, 0) is 4.74 Å². The van der Waals surface area contributed by atoms with Crippen LogP contribution in [0.1, 0.15) is 88.9 Å². The van der Waals surface area contributed by atoms with Crippen LogP contribution >= 0.6 is 0 Å². The predicted octanol–water partition coefficient (Wildman–Crippen LogP) is 6.90. The summed E-state index contributed by atoms with van der Waals surface area (Å²) in [5.41, 5.74) is 0.118. The van der Waals surface area contributed by atoms with Crippen molar-refractivity contribution in [3.8, 4) is 5.75 Å². The molecule has 0 saturated heterocycles. The molecule has 1 aromatic carbocycles. The molecule has 0 amide bonds. The van der Waals surface area contributed by atoms with E-state index in [0.717, 1.165) is 58.0 Å². The lowest BCUT2D eigenvalue weighted by atomic mass is 9.43. The van der Waals surface area contributed by atoms with Crippen LogP contribution < -0.4 is 4.74 Å². The zero-order chi connectivity index (χ0) is 25.9. The van der Waals surface area contributed by atoms with Gasteiger partial charge in [0.05, 0.1) is 12.2 Å². The highest BCUT2D eigenvalue weighted by atomic mass is 19.3. The summed E-state index contributed by atoms with van der Waals surface area (Å²) in [6.45, 7) is 5.81. The van der Waals surface area contributed by atoms with Crippen LogP contribution in [0.3, 0.4) is 0 Å². The third kappa shape index (κ3) is 4.40. The summed E-state index contributed by atoms with van der Waals surface area (Å²) in [5, 5.41) is 10.8. The van der Waals surface area contributed by atoms with Crippen molar-refractivity contribution < 1.29 is 28.2 Å². The molecular weight excluding hydrogens is 462 g/mol. The minimum atomic E-state index is -3.25. The van der Waals surface area contributed by atoms with Gasteiger partial charge in [-0.25, -0.2) is 0 Å². The van der Waals surface area contributed by atoms with Crippen LogP contribution in [0.25, 0.3) is 0 Å². The molecule has 4 nitrogen and oxygen atoms in total. The van der Waals surface area contributed by atoms with Gasteiger partial charge in [0, 0.05) is 25.5 Å². The molecule has 4 aliphatic rings. The van der Waals surface area contributed by atoms with Gasteiger partial charge in [-0.3, -0.25) is 4.79 Å². The lowest BCUT2D eigenvalue weighted by molar-refractivity contribution is -0.173. The molecule has 1 N–H and O–H groups in total. The van der Waals surface area contributed by atoms with Gasteiger partial charge in [-0.2, -0.15) is 8.78 Å². The molecule has 4 fully saturated rings. The molecule has 36 heavy (non-hydrogen) atoms. The van der Waals surface area contributed by atoms with E-state index in [4.69, 9.17) is 4.74 Å². The third-order valence-electron chi connectivity index (χ3n) is 10.8. The van der Waals surface area contributed by atoms with E-state index in [-0.39, 0.29) is 28.3 Å². The largest absolute Gasteiger partial charge is 0.433 e. The summed E-state index contributed by atoms with van der Waals surface area (Å²) < 4.78 is 36.9. The van der Waals surface area contributed by atoms with Gasteiger partial charge in [-0.1, -0.05) is 6.92 Å². The van der Waals surface area contributed by atoms with E-state index in [1.807, 2.05) is 14.0 Å². The molecular formula is C30H42F2O4. The fourth-order valence-electron chi connectivity index (χ4n) is 9.31. The Morgan fingerprint density at radius 3 is 2.42 bits per heavy atom. The summed E-state index contributed by atoms with van der Waals surface area (Å²) in [4.78, 5) is 13.7. The summed E-state index contributed by atoms with van der Waals surface area (Å²) >= 11 is 0. The van der Waals surface area contributed by atoms with E-state index >= 15 is 0 Å². The average Bonchev–Trinajstić information content (AvgIpc) is 3.15. The molecule has 0 aliphatic heterocycles. The number of benzene rings is 1. The first-order chi connectivity index (χ1) is 16.9. The van der Waals surface area contributed by atoms with Crippen LogP contribution in [0.4, 0.5) is 8.78 Å². The van der Waals surface area contributed by atoms with Gasteiger partial charge in [0.25, 0.3) is 0 Å². The number of carbonyl (C=O) groups is 1. The lowest BCUT2D eigenvalue weighted by Gasteiger charge is -2.62. The smallest absolute Gasteiger partial charge is 0.394 e. The van der Waals surface area contributed by atoms with Gasteiger partial charge < -0.3 is 14.6 Å². The highest BCUT2D eigenvalue weighted by Crippen LogP contribution is 2.68. The zero-order valence-electron chi connectivity index (χ0n) is 22.2. The molecule has 6 heteroatoms. The Hall–Kier alpha value is -1.53. The number of ether oxygens (including phenoxy) is 2. The lowest BCUT2D eigenvalue weighted by Crippen LogP contribution is -2.58. The molecule has 8 atom stereocenters. The van der Waals surface area contributed by atoms with Crippen molar-refractivity contribution >= 4 is 5.78 Å². The average molecular weight is 505 g/mol. The summed E-state index contributed by atoms with van der Waals surface area (Å²) in [7, 11) is 1.82. The number of methoxy groups -OCH3 is 1. The number of alkyl halides is 2. The maximum atomic E-state index is 13.7. The summed E-state index contributed by atoms with van der Waals surface area (Å²) in [6.07, 6.45) is 5.90. The quantitative estimate of drug-likeness (QED) is 0.428. The molecule has 0 radical (unpaired) electrons. The van der Waals surface area contributed by atoms with Crippen LogP contribution in [0.2, 0.25) is 0 Å². The van der Waals surface area contributed by atoms with Crippen LogP contribution in [0, 0.1) is 40.4 Å². The van der Waals surface area contributed by atoms with Crippen molar-refractivity contribution in [2.45, 2.75) is 90.3 Å². The molecule has 0 spiro atoms. The molecule has 5 rings (SSSR count). The SMILES string of the molecule is COC[C@]12CC[C@@](C)(O)C[C@@H]1CC[C@H]1[C@@H]3CC[C@H](C(=O)c4ccc(OC(C)(F)F)cc4)[C@@]3(C)CC[C@@H]12. The Balaban J connectivity index is 1.36. The van der Waals surface area contributed by atoms with Crippen LogP contribution in [0.15, 0.2) is 24.3 Å². The standard InChI is InChI=1S/C30H42F2O4/c1-27(34)15-16-30(18-35-4)20(17-27)7-10-22-23-11-12-25(28(23,2)14-13-24(22)30)26(33)19-5-8-21(9-6-19)36-29(3,31)32/h5-6,8-9,20,22-25,34H,7,10-18H2,1-4H3/t20-,22-,23-,24-,25+,27+,28-,30+/m0/s1. The Morgan fingerprint density at radius 2 is 1.75 bits per heavy atom. The fraction of sp³-hybridized carbons (Fsp3) is 0.767.